The quantitative estimate of drug-likeness (QED) is 0.628. The van der Waals surface area contributed by atoms with Gasteiger partial charge in [0.05, 0.1) is 6.61 Å². The number of nitrogens with one attached hydrogen (secondary N) is 1. The first-order chi connectivity index (χ1) is 9.17. The van der Waals surface area contributed by atoms with E-state index in [0.717, 1.165) is 39.3 Å². The molecule has 1 aliphatic heterocycles. The van der Waals surface area contributed by atoms with E-state index in [4.69, 9.17) is 4.74 Å². The Labute approximate surface area is 118 Å². The van der Waals surface area contributed by atoms with Gasteiger partial charge in [-0.2, -0.15) is 0 Å². The predicted molar refractivity (Wildman–Crippen MR) is 80.8 cm³/mol. The van der Waals surface area contributed by atoms with E-state index in [1.54, 1.807) is 7.11 Å². The third-order valence-corrected chi connectivity index (χ3v) is 3.78. The first-order valence-corrected chi connectivity index (χ1v) is 7.48. The minimum atomic E-state index is 0.515. The molecule has 0 spiro atoms. The van der Waals surface area contributed by atoms with E-state index >= 15 is 0 Å². The van der Waals surface area contributed by atoms with Gasteiger partial charge in [0.1, 0.15) is 0 Å². The molecule has 1 aliphatic rings. The van der Waals surface area contributed by atoms with E-state index in [1.807, 2.05) is 0 Å². The fourth-order valence-corrected chi connectivity index (χ4v) is 2.49. The SMILES string of the molecule is CCNCC(COC)N1CCN(CCN(C)C)CC1. The number of ether oxygens (including phenoxy) is 1. The number of hydrogen-bond acceptors (Lipinski definition) is 5. The van der Waals surface area contributed by atoms with Gasteiger partial charge < -0.3 is 15.0 Å². The Kier molecular flexibility index (Phi) is 8.57. The summed E-state index contributed by atoms with van der Waals surface area (Å²) in [5.74, 6) is 0. The lowest BCUT2D eigenvalue weighted by Gasteiger charge is -2.39. The van der Waals surface area contributed by atoms with Crippen molar-refractivity contribution in [2.45, 2.75) is 13.0 Å². The normalized spacial score (nSPS) is 20.1. The molecule has 1 N–H and O–H groups in total. The highest BCUT2D eigenvalue weighted by Gasteiger charge is 2.23. The maximum Gasteiger partial charge on any atom is 0.0630 e. The van der Waals surface area contributed by atoms with E-state index in [1.165, 1.54) is 19.6 Å². The highest BCUT2D eigenvalue weighted by Crippen LogP contribution is 2.06. The van der Waals surface area contributed by atoms with Crippen LogP contribution in [-0.2, 0) is 4.74 Å². The van der Waals surface area contributed by atoms with Crippen LogP contribution in [0.4, 0.5) is 0 Å². The van der Waals surface area contributed by atoms with Crippen LogP contribution in [0.5, 0.6) is 0 Å². The van der Waals surface area contributed by atoms with Crippen LogP contribution in [-0.4, -0.2) is 101 Å². The molecule has 114 valence electrons. The minimum Gasteiger partial charge on any atom is -0.383 e. The molecule has 1 fully saturated rings. The van der Waals surface area contributed by atoms with Crippen molar-refractivity contribution >= 4 is 0 Å². The average molecular weight is 272 g/mol. The van der Waals surface area contributed by atoms with Crippen molar-refractivity contribution in [2.24, 2.45) is 0 Å². The lowest BCUT2D eigenvalue weighted by Crippen LogP contribution is -2.54. The molecule has 0 saturated carbocycles. The van der Waals surface area contributed by atoms with Crippen LogP contribution in [0, 0.1) is 0 Å². The maximum absolute atomic E-state index is 5.36. The monoisotopic (exact) mass is 272 g/mol. The number of methoxy groups -OCH3 is 1. The van der Waals surface area contributed by atoms with Gasteiger partial charge in [-0.25, -0.2) is 0 Å². The summed E-state index contributed by atoms with van der Waals surface area (Å²) in [6.45, 7) is 12.1. The molecule has 19 heavy (non-hydrogen) atoms. The number of nitrogens with zero attached hydrogens (tertiary/aromatic N) is 3. The molecule has 0 aliphatic carbocycles. The third kappa shape index (κ3) is 6.68. The van der Waals surface area contributed by atoms with Crippen LogP contribution in [0.3, 0.4) is 0 Å². The molecule has 0 aromatic rings. The van der Waals surface area contributed by atoms with Crippen LogP contribution in [0.15, 0.2) is 0 Å². The van der Waals surface area contributed by atoms with Crippen molar-refractivity contribution in [1.29, 1.82) is 0 Å². The molecule has 1 rings (SSSR count). The van der Waals surface area contributed by atoms with E-state index < -0.39 is 0 Å². The zero-order valence-electron chi connectivity index (χ0n) is 13.2. The summed E-state index contributed by atoms with van der Waals surface area (Å²) in [6.07, 6.45) is 0. The zero-order chi connectivity index (χ0) is 14.1. The highest BCUT2D eigenvalue weighted by molar-refractivity contribution is 4.80. The van der Waals surface area contributed by atoms with E-state index in [0.29, 0.717) is 6.04 Å². The molecule has 1 heterocycles. The van der Waals surface area contributed by atoms with Crippen LogP contribution in [0.25, 0.3) is 0 Å². The summed E-state index contributed by atoms with van der Waals surface area (Å²) in [4.78, 5) is 7.39. The van der Waals surface area contributed by atoms with Gasteiger partial charge in [-0.1, -0.05) is 6.92 Å². The van der Waals surface area contributed by atoms with Crippen molar-refractivity contribution in [2.75, 3.05) is 80.2 Å². The van der Waals surface area contributed by atoms with Crippen LogP contribution >= 0.6 is 0 Å². The maximum atomic E-state index is 5.36. The Balaban J connectivity index is 2.29. The van der Waals surface area contributed by atoms with Gasteiger partial charge in [-0.3, -0.25) is 9.80 Å². The molecule has 1 unspecified atom stereocenters. The fourth-order valence-electron chi connectivity index (χ4n) is 2.49. The molecule has 5 nitrogen and oxygen atoms in total. The number of likely N-dealkylation sites (N-methyl/N-ethyl adjacent to an activating group) is 2. The number of hydrogen-bond donors (Lipinski definition) is 1. The first-order valence-electron chi connectivity index (χ1n) is 7.48. The summed E-state index contributed by atoms with van der Waals surface area (Å²) in [6, 6.07) is 0.515. The van der Waals surface area contributed by atoms with Crippen LogP contribution in [0.1, 0.15) is 6.92 Å². The van der Waals surface area contributed by atoms with Gasteiger partial charge in [0, 0.05) is 59.0 Å². The Hall–Kier alpha value is -0.200. The van der Waals surface area contributed by atoms with E-state index in [2.05, 4.69) is 41.0 Å². The number of piperazine rings is 1. The van der Waals surface area contributed by atoms with Gasteiger partial charge >= 0.3 is 0 Å². The molecule has 1 atom stereocenters. The second kappa shape index (κ2) is 9.66. The zero-order valence-corrected chi connectivity index (χ0v) is 13.2. The van der Waals surface area contributed by atoms with Crippen molar-refractivity contribution < 1.29 is 4.74 Å². The first kappa shape index (κ1) is 16.9. The topological polar surface area (TPSA) is 31.0 Å². The summed E-state index contributed by atoms with van der Waals surface area (Å²) in [5.41, 5.74) is 0. The van der Waals surface area contributed by atoms with Crippen LogP contribution in [0.2, 0.25) is 0 Å². The summed E-state index contributed by atoms with van der Waals surface area (Å²) >= 11 is 0. The Morgan fingerprint density at radius 1 is 1.21 bits per heavy atom. The molecule has 0 bridgehead atoms. The standard InChI is InChI=1S/C14H32N4O/c1-5-15-12-14(13-19-4)18-10-8-17(9-11-18)7-6-16(2)3/h14-15H,5-13H2,1-4H3. The molecule has 5 heteroatoms. The molecule has 0 radical (unpaired) electrons. The van der Waals surface area contributed by atoms with Crippen molar-refractivity contribution in [3.63, 3.8) is 0 Å². The molecule has 0 aromatic carbocycles. The van der Waals surface area contributed by atoms with Gasteiger partial charge in [0.2, 0.25) is 0 Å². The summed E-state index contributed by atoms with van der Waals surface area (Å²) in [7, 11) is 6.08. The summed E-state index contributed by atoms with van der Waals surface area (Å²) in [5, 5.41) is 3.44. The average Bonchev–Trinajstić information content (AvgIpc) is 2.42. The smallest absolute Gasteiger partial charge is 0.0630 e. The minimum absolute atomic E-state index is 0.515. The van der Waals surface area contributed by atoms with Gasteiger partial charge in [0.25, 0.3) is 0 Å². The summed E-state index contributed by atoms with van der Waals surface area (Å²) < 4.78 is 5.36. The second-order valence-electron chi connectivity index (χ2n) is 5.60. The van der Waals surface area contributed by atoms with Crippen molar-refractivity contribution in [3.05, 3.63) is 0 Å². The van der Waals surface area contributed by atoms with Crippen molar-refractivity contribution in [3.8, 4) is 0 Å². The molecule has 0 aromatic heterocycles. The lowest BCUT2D eigenvalue weighted by molar-refractivity contribution is 0.0481. The number of rotatable bonds is 9. The van der Waals surface area contributed by atoms with Gasteiger partial charge in [-0.05, 0) is 20.6 Å². The molecule has 0 amide bonds. The van der Waals surface area contributed by atoms with Gasteiger partial charge in [-0.15, -0.1) is 0 Å². The lowest BCUT2D eigenvalue weighted by atomic mass is 10.2. The van der Waals surface area contributed by atoms with E-state index in [9.17, 15) is 0 Å². The van der Waals surface area contributed by atoms with Gasteiger partial charge in [0.15, 0.2) is 0 Å². The highest BCUT2D eigenvalue weighted by atomic mass is 16.5. The third-order valence-electron chi connectivity index (χ3n) is 3.78. The van der Waals surface area contributed by atoms with E-state index in [-0.39, 0.29) is 0 Å². The second-order valence-corrected chi connectivity index (χ2v) is 5.60. The largest absolute Gasteiger partial charge is 0.383 e. The molecular formula is C14H32N4O. The Morgan fingerprint density at radius 3 is 2.42 bits per heavy atom. The Morgan fingerprint density at radius 2 is 1.89 bits per heavy atom. The fraction of sp³-hybridized carbons (Fsp3) is 1.00. The predicted octanol–water partition coefficient (Wildman–Crippen LogP) is -0.210. The Bertz CT molecular complexity index is 217. The molecular weight excluding hydrogens is 240 g/mol. The molecule has 1 saturated heterocycles. The van der Waals surface area contributed by atoms with Crippen molar-refractivity contribution in [1.82, 2.24) is 20.0 Å². The van der Waals surface area contributed by atoms with Crippen LogP contribution < -0.4 is 5.32 Å².